The number of rotatable bonds is 5. The van der Waals surface area contributed by atoms with Crippen LogP contribution in [0, 0.1) is 0 Å². The molecule has 3 aliphatic rings. The van der Waals surface area contributed by atoms with Crippen LogP contribution in [-0.2, 0) is 0 Å². The Labute approximate surface area is 161 Å². The van der Waals surface area contributed by atoms with E-state index in [1.165, 1.54) is 0 Å². The van der Waals surface area contributed by atoms with E-state index >= 15 is 0 Å². The number of anilines is 4. The van der Waals surface area contributed by atoms with Crippen molar-refractivity contribution >= 4 is 23.4 Å². The molecule has 8 nitrogen and oxygen atoms in total. The molecule has 2 aromatic heterocycles. The van der Waals surface area contributed by atoms with Gasteiger partial charge in [0.1, 0.15) is 17.4 Å². The van der Waals surface area contributed by atoms with Crippen LogP contribution in [0.2, 0.25) is 0 Å². The van der Waals surface area contributed by atoms with E-state index in [2.05, 4.69) is 30.7 Å². The Hall–Kier alpha value is -2.49. The summed E-state index contributed by atoms with van der Waals surface area (Å²) in [5.41, 5.74) is 0. The molecule has 1 saturated carbocycles. The minimum Gasteiger partial charge on any atom is -0.359 e. The van der Waals surface area contributed by atoms with Crippen LogP contribution in [0.15, 0.2) is 16.7 Å². The molecule has 2 aliphatic heterocycles. The molecule has 1 aliphatic carbocycles. The smallest absolute Gasteiger partial charge is 0.266 e. The summed E-state index contributed by atoms with van der Waals surface area (Å²) in [6, 6.07) is 3.67. The number of nitrogens with zero attached hydrogens (tertiary/aromatic N) is 5. The highest BCUT2D eigenvalue weighted by Crippen LogP contribution is 2.41. The third-order valence-electron chi connectivity index (χ3n) is 5.38. The highest BCUT2D eigenvalue weighted by Gasteiger charge is 2.39. The quantitative estimate of drug-likeness (QED) is 0.804. The number of alkyl halides is 2. The normalized spacial score (nSPS) is 21.9. The lowest BCUT2D eigenvalue weighted by Crippen LogP contribution is -2.44. The summed E-state index contributed by atoms with van der Waals surface area (Å²) in [7, 11) is 0. The minimum absolute atomic E-state index is 0.156. The fourth-order valence-electron chi connectivity index (χ4n) is 3.65. The van der Waals surface area contributed by atoms with Crippen molar-refractivity contribution in [1.82, 2.24) is 20.4 Å². The van der Waals surface area contributed by atoms with Crippen LogP contribution in [0.1, 0.15) is 30.9 Å². The Kier molecular flexibility index (Phi) is 4.30. The van der Waals surface area contributed by atoms with Crippen LogP contribution >= 0.6 is 0 Å². The average molecular weight is 391 g/mol. The van der Waals surface area contributed by atoms with Crippen molar-refractivity contribution < 1.29 is 13.3 Å². The molecular weight excluding hydrogens is 368 g/mol. The van der Waals surface area contributed by atoms with Gasteiger partial charge in [-0.25, -0.2) is 8.78 Å². The van der Waals surface area contributed by atoms with E-state index in [1.807, 2.05) is 6.07 Å². The SMILES string of the molecule is FC1(F)CCN(c2cc(N3CCNCC3)nc(Nc3cc(C4CC4)on3)n2)C1. The number of halogens is 2. The molecule has 0 amide bonds. The van der Waals surface area contributed by atoms with Gasteiger partial charge < -0.3 is 25.0 Å². The van der Waals surface area contributed by atoms with E-state index in [1.54, 1.807) is 11.0 Å². The van der Waals surface area contributed by atoms with Crippen LogP contribution in [0.4, 0.5) is 32.2 Å². The van der Waals surface area contributed by atoms with Crippen molar-refractivity contribution in [3.05, 3.63) is 17.9 Å². The first-order chi connectivity index (χ1) is 13.6. The van der Waals surface area contributed by atoms with Gasteiger partial charge in [0, 0.05) is 57.2 Å². The lowest BCUT2D eigenvalue weighted by molar-refractivity contribution is 0.0256. The first-order valence-corrected chi connectivity index (χ1v) is 9.77. The summed E-state index contributed by atoms with van der Waals surface area (Å²) in [5.74, 6) is 0.760. The van der Waals surface area contributed by atoms with Crippen LogP contribution in [0.5, 0.6) is 0 Å². The summed E-state index contributed by atoms with van der Waals surface area (Å²) >= 11 is 0. The van der Waals surface area contributed by atoms with Crippen molar-refractivity contribution in [1.29, 1.82) is 0 Å². The average Bonchev–Trinajstić information content (AvgIpc) is 3.34. The largest absolute Gasteiger partial charge is 0.359 e. The van der Waals surface area contributed by atoms with E-state index in [-0.39, 0.29) is 19.5 Å². The van der Waals surface area contributed by atoms with Crippen LogP contribution in [0.3, 0.4) is 0 Å². The summed E-state index contributed by atoms with van der Waals surface area (Å²) in [5, 5.41) is 10.4. The second kappa shape index (κ2) is 6.84. The minimum atomic E-state index is -2.68. The molecule has 5 rings (SSSR count). The van der Waals surface area contributed by atoms with Gasteiger partial charge in [-0.2, -0.15) is 9.97 Å². The fourth-order valence-corrected chi connectivity index (χ4v) is 3.65. The monoisotopic (exact) mass is 391 g/mol. The first kappa shape index (κ1) is 17.6. The van der Waals surface area contributed by atoms with E-state index in [4.69, 9.17) is 4.52 Å². The maximum Gasteiger partial charge on any atom is 0.266 e. The Bertz CT molecular complexity index is 848. The zero-order valence-corrected chi connectivity index (χ0v) is 15.5. The number of aromatic nitrogens is 3. The lowest BCUT2D eigenvalue weighted by atomic mass is 10.3. The molecule has 2 N–H and O–H groups in total. The number of nitrogens with one attached hydrogen (secondary N) is 2. The van der Waals surface area contributed by atoms with E-state index in [9.17, 15) is 8.78 Å². The molecule has 0 atom stereocenters. The Morgan fingerprint density at radius 3 is 2.50 bits per heavy atom. The highest BCUT2D eigenvalue weighted by molar-refractivity contribution is 5.59. The van der Waals surface area contributed by atoms with Crippen molar-refractivity contribution in [2.45, 2.75) is 31.1 Å². The zero-order valence-electron chi connectivity index (χ0n) is 15.5. The molecule has 2 saturated heterocycles. The standard InChI is InChI=1S/C18H23F2N7O/c19-18(20)3-6-27(11-18)16-10-15(26-7-4-21-5-8-26)23-17(24-16)22-14-9-13(28-25-14)12-1-2-12/h9-10,12,21H,1-8,11H2,(H,22,23,24,25). The molecule has 10 heteroatoms. The van der Waals surface area contributed by atoms with Gasteiger partial charge in [-0.15, -0.1) is 0 Å². The molecule has 0 bridgehead atoms. The topological polar surface area (TPSA) is 82.4 Å². The Balaban J connectivity index is 1.43. The molecule has 0 radical (unpaired) electrons. The molecule has 4 heterocycles. The van der Waals surface area contributed by atoms with Crippen molar-refractivity contribution in [3.63, 3.8) is 0 Å². The molecule has 0 spiro atoms. The van der Waals surface area contributed by atoms with Crippen LogP contribution < -0.4 is 20.4 Å². The van der Waals surface area contributed by atoms with E-state index in [0.29, 0.717) is 23.5 Å². The molecule has 150 valence electrons. The third-order valence-corrected chi connectivity index (χ3v) is 5.38. The van der Waals surface area contributed by atoms with Gasteiger partial charge in [0.25, 0.3) is 5.92 Å². The lowest BCUT2D eigenvalue weighted by Gasteiger charge is -2.29. The van der Waals surface area contributed by atoms with Crippen molar-refractivity contribution in [2.75, 3.05) is 54.4 Å². The number of hydrogen-bond acceptors (Lipinski definition) is 8. The fraction of sp³-hybridized carbons (Fsp3) is 0.611. The van der Waals surface area contributed by atoms with Crippen molar-refractivity contribution in [2.24, 2.45) is 0 Å². The molecular formula is C18H23F2N7O. The first-order valence-electron chi connectivity index (χ1n) is 9.77. The summed E-state index contributed by atoms with van der Waals surface area (Å²) in [4.78, 5) is 12.9. The Morgan fingerprint density at radius 2 is 1.82 bits per heavy atom. The molecule has 2 aromatic rings. The van der Waals surface area contributed by atoms with Crippen LogP contribution in [-0.4, -0.2) is 60.3 Å². The summed E-state index contributed by atoms with van der Waals surface area (Å²) < 4.78 is 32.8. The maximum atomic E-state index is 13.7. The van der Waals surface area contributed by atoms with E-state index in [0.717, 1.165) is 50.6 Å². The highest BCUT2D eigenvalue weighted by atomic mass is 19.3. The molecule has 3 fully saturated rings. The number of hydrogen-bond donors (Lipinski definition) is 2. The van der Waals surface area contributed by atoms with Crippen LogP contribution in [0.25, 0.3) is 0 Å². The predicted octanol–water partition coefficient (Wildman–Crippen LogP) is 2.34. The summed E-state index contributed by atoms with van der Waals surface area (Å²) in [6.45, 7) is 3.29. The summed E-state index contributed by atoms with van der Waals surface area (Å²) in [6.07, 6.45) is 2.09. The Morgan fingerprint density at radius 1 is 1.07 bits per heavy atom. The van der Waals surface area contributed by atoms with Gasteiger partial charge in [-0.1, -0.05) is 5.16 Å². The zero-order chi connectivity index (χ0) is 19.1. The maximum absolute atomic E-state index is 13.7. The van der Waals surface area contributed by atoms with Gasteiger partial charge in [0.2, 0.25) is 5.95 Å². The number of piperazine rings is 1. The molecule has 0 unspecified atom stereocenters. The van der Waals surface area contributed by atoms with E-state index < -0.39 is 5.92 Å². The second-order valence-corrected chi connectivity index (χ2v) is 7.69. The third kappa shape index (κ3) is 3.73. The van der Waals surface area contributed by atoms with Gasteiger partial charge in [0.05, 0.1) is 6.54 Å². The van der Waals surface area contributed by atoms with Gasteiger partial charge in [-0.3, -0.25) is 0 Å². The molecule has 28 heavy (non-hydrogen) atoms. The molecule has 0 aromatic carbocycles. The van der Waals surface area contributed by atoms with Crippen molar-refractivity contribution in [3.8, 4) is 0 Å². The van der Waals surface area contributed by atoms with Gasteiger partial charge in [0.15, 0.2) is 5.82 Å². The second-order valence-electron chi connectivity index (χ2n) is 7.69. The van der Waals surface area contributed by atoms with Gasteiger partial charge in [-0.05, 0) is 12.8 Å². The van der Waals surface area contributed by atoms with Gasteiger partial charge >= 0.3 is 0 Å². The predicted molar refractivity (Wildman–Crippen MR) is 101 cm³/mol.